The van der Waals surface area contributed by atoms with Crippen molar-refractivity contribution in [2.45, 2.75) is 38.4 Å². The number of primary amides is 1. The molecule has 2 unspecified atom stereocenters. The number of hydrogen-bond acceptors (Lipinski definition) is 4. The van der Waals surface area contributed by atoms with Crippen LogP contribution in [0.1, 0.15) is 58.5 Å². The fourth-order valence-corrected chi connectivity index (χ4v) is 3.70. The van der Waals surface area contributed by atoms with Gasteiger partial charge in [0.05, 0.1) is 5.02 Å². The standard InChI is InChI=1S/C20H19ClFNO4/c1-9(24)10-4-7-14-12(8-10)16(18(25)20(2,3)27-14)15-11(19(23)26)5-6-13(22)17(15)21/h4-8,16,18,25H,1-3H3,(H2,23,26). The van der Waals surface area contributed by atoms with Crippen molar-refractivity contribution in [3.8, 4) is 5.75 Å². The Labute approximate surface area is 160 Å². The van der Waals surface area contributed by atoms with Crippen molar-refractivity contribution in [1.29, 1.82) is 0 Å². The highest BCUT2D eigenvalue weighted by Gasteiger charge is 2.45. The Balaban J connectivity index is 2.36. The molecule has 7 heteroatoms. The van der Waals surface area contributed by atoms with Gasteiger partial charge in [-0.3, -0.25) is 9.59 Å². The normalized spacial score (nSPS) is 20.5. The van der Waals surface area contributed by atoms with Gasteiger partial charge in [-0.05, 0) is 56.7 Å². The van der Waals surface area contributed by atoms with E-state index in [1.54, 1.807) is 32.0 Å². The molecule has 2 aromatic carbocycles. The smallest absolute Gasteiger partial charge is 0.249 e. The van der Waals surface area contributed by atoms with Gasteiger partial charge in [-0.2, -0.15) is 0 Å². The minimum atomic E-state index is -1.18. The van der Waals surface area contributed by atoms with Crippen LogP contribution >= 0.6 is 11.6 Å². The van der Waals surface area contributed by atoms with Crippen LogP contribution in [0.4, 0.5) is 4.39 Å². The number of ketones is 1. The number of ether oxygens (including phenoxy) is 1. The molecule has 0 saturated heterocycles. The predicted molar refractivity (Wildman–Crippen MR) is 98.9 cm³/mol. The fourth-order valence-electron chi connectivity index (χ4n) is 3.42. The highest BCUT2D eigenvalue weighted by molar-refractivity contribution is 6.32. The molecule has 1 heterocycles. The van der Waals surface area contributed by atoms with E-state index in [-0.39, 0.29) is 21.9 Å². The maximum absolute atomic E-state index is 14.2. The van der Waals surface area contributed by atoms with Gasteiger partial charge in [0.1, 0.15) is 23.3 Å². The van der Waals surface area contributed by atoms with Gasteiger partial charge in [-0.25, -0.2) is 4.39 Å². The summed E-state index contributed by atoms with van der Waals surface area (Å²) in [4.78, 5) is 23.8. The molecule has 0 aromatic heterocycles. The number of fused-ring (bicyclic) bond motifs is 1. The van der Waals surface area contributed by atoms with Crippen LogP contribution in [0.3, 0.4) is 0 Å². The van der Waals surface area contributed by atoms with Gasteiger partial charge in [0.2, 0.25) is 5.91 Å². The number of hydrogen-bond donors (Lipinski definition) is 2. The van der Waals surface area contributed by atoms with Gasteiger partial charge in [-0.15, -0.1) is 0 Å². The van der Waals surface area contributed by atoms with Crippen molar-refractivity contribution in [3.63, 3.8) is 0 Å². The maximum atomic E-state index is 14.2. The molecule has 1 aliphatic rings. The lowest BCUT2D eigenvalue weighted by Gasteiger charge is -2.43. The minimum Gasteiger partial charge on any atom is -0.485 e. The van der Waals surface area contributed by atoms with Crippen LogP contribution in [-0.2, 0) is 0 Å². The van der Waals surface area contributed by atoms with Crippen molar-refractivity contribution in [2.75, 3.05) is 0 Å². The highest BCUT2D eigenvalue weighted by atomic mass is 35.5. The molecule has 0 aliphatic carbocycles. The van der Waals surface area contributed by atoms with E-state index in [0.717, 1.165) is 6.07 Å². The lowest BCUT2D eigenvalue weighted by molar-refractivity contribution is -0.0512. The third-order valence-corrected chi connectivity index (χ3v) is 5.25. The Kier molecular flexibility index (Phi) is 4.74. The quantitative estimate of drug-likeness (QED) is 0.784. The summed E-state index contributed by atoms with van der Waals surface area (Å²) in [5.74, 6) is -2.22. The Bertz CT molecular complexity index is 957. The van der Waals surface area contributed by atoms with Crippen LogP contribution in [0.25, 0.3) is 0 Å². The molecular formula is C20H19ClFNO4. The van der Waals surface area contributed by atoms with Gasteiger partial charge in [0.25, 0.3) is 0 Å². The van der Waals surface area contributed by atoms with Crippen LogP contribution in [0.5, 0.6) is 5.75 Å². The number of aliphatic hydroxyl groups is 1. The molecule has 142 valence electrons. The van der Waals surface area contributed by atoms with E-state index in [1.807, 2.05) is 0 Å². The second-order valence-corrected chi connectivity index (χ2v) is 7.50. The van der Waals surface area contributed by atoms with Crippen molar-refractivity contribution in [2.24, 2.45) is 5.73 Å². The number of aliphatic hydroxyl groups excluding tert-OH is 1. The molecule has 27 heavy (non-hydrogen) atoms. The van der Waals surface area contributed by atoms with E-state index in [2.05, 4.69) is 0 Å². The molecule has 3 N–H and O–H groups in total. The predicted octanol–water partition coefficient (Wildman–Crippen LogP) is 3.44. The zero-order valence-electron chi connectivity index (χ0n) is 15.0. The lowest BCUT2D eigenvalue weighted by atomic mass is 9.75. The summed E-state index contributed by atoms with van der Waals surface area (Å²) in [5, 5.41) is 10.7. The van der Waals surface area contributed by atoms with Crippen molar-refractivity contribution in [1.82, 2.24) is 0 Å². The zero-order valence-corrected chi connectivity index (χ0v) is 15.8. The van der Waals surface area contributed by atoms with E-state index in [1.165, 1.54) is 13.0 Å². The van der Waals surface area contributed by atoms with Crippen molar-refractivity contribution in [3.05, 3.63) is 63.4 Å². The first-order chi connectivity index (χ1) is 12.5. The van der Waals surface area contributed by atoms with Gasteiger partial charge >= 0.3 is 0 Å². The monoisotopic (exact) mass is 391 g/mol. The summed E-state index contributed by atoms with van der Waals surface area (Å²) in [6.07, 6.45) is -1.18. The minimum absolute atomic E-state index is 0.00216. The van der Waals surface area contributed by atoms with Gasteiger partial charge in [0.15, 0.2) is 5.78 Å². The van der Waals surface area contributed by atoms with E-state index < -0.39 is 29.3 Å². The Hall–Kier alpha value is -2.44. The highest BCUT2D eigenvalue weighted by Crippen LogP contribution is 2.47. The molecule has 2 atom stereocenters. The number of Topliss-reactive ketones (excluding diaryl/α,β-unsaturated/α-hetero) is 1. The first kappa shape index (κ1) is 19.3. The van der Waals surface area contributed by atoms with Crippen LogP contribution in [0, 0.1) is 5.82 Å². The summed E-state index contributed by atoms with van der Waals surface area (Å²) >= 11 is 6.20. The molecule has 2 aromatic rings. The summed E-state index contributed by atoms with van der Waals surface area (Å²) in [6, 6.07) is 7.07. The van der Waals surface area contributed by atoms with Crippen LogP contribution < -0.4 is 10.5 Å². The lowest BCUT2D eigenvalue weighted by Crippen LogP contribution is -2.49. The van der Waals surface area contributed by atoms with Gasteiger partial charge < -0.3 is 15.6 Å². The molecule has 1 amide bonds. The van der Waals surface area contributed by atoms with Crippen LogP contribution in [0.2, 0.25) is 5.02 Å². The number of benzene rings is 2. The number of rotatable bonds is 3. The number of halogens is 2. The Morgan fingerprint density at radius 2 is 1.93 bits per heavy atom. The SMILES string of the molecule is CC(=O)c1ccc2c(c1)C(c1c(C(N)=O)ccc(F)c1Cl)C(O)C(C)(C)O2. The zero-order chi connectivity index (χ0) is 20.1. The van der Waals surface area contributed by atoms with Crippen molar-refractivity contribution >= 4 is 23.3 Å². The molecule has 0 radical (unpaired) electrons. The average molecular weight is 392 g/mol. The largest absolute Gasteiger partial charge is 0.485 e. The first-order valence-corrected chi connectivity index (χ1v) is 8.72. The molecular weight excluding hydrogens is 373 g/mol. The molecule has 0 spiro atoms. The van der Waals surface area contributed by atoms with E-state index >= 15 is 0 Å². The molecule has 1 aliphatic heterocycles. The first-order valence-electron chi connectivity index (χ1n) is 8.34. The third-order valence-electron chi connectivity index (χ3n) is 4.86. The summed E-state index contributed by atoms with van der Waals surface area (Å²) in [5.41, 5.74) is 5.32. The molecule has 0 fully saturated rings. The summed E-state index contributed by atoms with van der Waals surface area (Å²) in [7, 11) is 0. The van der Waals surface area contributed by atoms with Crippen LogP contribution in [-0.4, -0.2) is 28.5 Å². The Morgan fingerprint density at radius 3 is 2.52 bits per heavy atom. The number of carbonyl (C=O) groups excluding carboxylic acids is 2. The van der Waals surface area contributed by atoms with E-state index in [4.69, 9.17) is 22.1 Å². The molecule has 5 nitrogen and oxygen atoms in total. The van der Waals surface area contributed by atoms with E-state index in [0.29, 0.717) is 16.9 Å². The molecule has 3 rings (SSSR count). The number of carbonyl (C=O) groups is 2. The molecule has 0 bridgehead atoms. The fraction of sp³-hybridized carbons (Fsp3) is 0.300. The van der Waals surface area contributed by atoms with Crippen LogP contribution in [0.15, 0.2) is 30.3 Å². The van der Waals surface area contributed by atoms with Crippen molar-refractivity contribution < 1.29 is 23.8 Å². The summed E-state index contributed by atoms with van der Waals surface area (Å²) in [6.45, 7) is 4.75. The molecule has 0 saturated carbocycles. The maximum Gasteiger partial charge on any atom is 0.249 e. The Morgan fingerprint density at radius 1 is 1.26 bits per heavy atom. The topological polar surface area (TPSA) is 89.6 Å². The average Bonchev–Trinajstić information content (AvgIpc) is 2.58. The second-order valence-electron chi connectivity index (χ2n) is 7.12. The summed E-state index contributed by atoms with van der Waals surface area (Å²) < 4.78 is 20.1. The second kappa shape index (κ2) is 6.62. The van der Waals surface area contributed by atoms with E-state index in [9.17, 15) is 19.1 Å². The number of nitrogens with two attached hydrogens (primary N) is 1. The van der Waals surface area contributed by atoms with Gasteiger partial charge in [0, 0.05) is 22.6 Å². The van der Waals surface area contributed by atoms with Gasteiger partial charge in [-0.1, -0.05) is 11.6 Å². The number of amides is 1. The third kappa shape index (κ3) is 3.19.